The Morgan fingerprint density at radius 1 is 1.18 bits per heavy atom. The fraction of sp³-hybridized carbons (Fsp3) is 0.471. The molecule has 0 aliphatic carbocycles. The Kier molecular flexibility index (Phi) is 4.88. The lowest BCUT2D eigenvalue weighted by Crippen LogP contribution is -2.35. The number of pyridine rings is 1. The van der Waals surface area contributed by atoms with Crippen LogP contribution in [0.25, 0.3) is 10.9 Å². The van der Waals surface area contributed by atoms with Crippen LogP contribution in [-0.2, 0) is 6.54 Å². The molecule has 22 heavy (non-hydrogen) atoms. The predicted octanol–water partition coefficient (Wildman–Crippen LogP) is 3.64. The Morgan fingerprint density at radius 2 is 2.05 bits per heavy atom. The monoisotopic (exact) mass is 337 g/mol. The van der Waals surface area contributed by atoms with E-state index in [9.17, 15) is 0 Å². The van der Waals surface area contributed by atoms with Crippen molar-refractivity contribution in [3.05, 3.63) is 41.0 Å². The van der Waals surface area contributed by atoms with Crippen LogP contribution in [0.3, 0.4) is 0 Å². The van der Waals surface area contributed by atoms with Crippen LogP contribution in [-0.4, -0.2) is 35.1 Å². The van der Waals surface area contributed by atoms with Gasteiger partial charge in [-0.1, -0.05) is 17.7 Å². The number of hydrogen-bond acceptors (Lipinski definition) is 3. The average Bonchev–Trinajstić information content (AvgIpc) is 2.84. The molecule has 0 amide bonds. The number of nitrogens with one attached hydrogen (secondary N) is 1. The highest BCUT2D eigenvalue weighted by Gasteiger charge is 2.29. The van der Waals surface area contributed by atoms with Crippen LogP contribution in [0.2, 0.25) is 5.02 Å². The fourth-order valence-corrected chi connectivity index (χ4v) is 3.94. The van der Waals surface area contributed by atoms with Crippen molar-refractivity contribution in [2.75, 3.05) is 13.1 Å². The molecule has 1 aromatic heterocycles. The van der Waals surface area contributed by atoms with E-state index in [0.29, 0.717) is 6.04 Å². The van der Waals surface area contributed by atoms with E-state index in [1.807, 2.05) is 18.3 Å². The number of benzene rings is 1. The van der Waals surface area contributed by atoms with Crippen LogP contribution < -0.4 is 5.32 Å². The molecular weight excluding hydrogens is 317 g/mol. The van der Waals surface area contributed by atoms with E-state index < -0.39 is 0 Å². The SMILES string of the molecule is Cl.Clc1ccc(CN2CCC3CCC(C2)N3)c2ncccc12. The Labute approximate surface area is 142 Å². The zero-order chi connectivity index (χ0) is 14.2. The lowest BCUT2D eigenvalue weighted by Gasteiger charge is -2.24. The number of halogens is 2. The summed E-state index contributed by atoms with van der Waals surface area (Å²) in [5.41, 5.74) is 2.33. The maximum Gasteiger partial charge on any atom is 0.0761 e. The molecule has 5 heteroatoms. The van der Waals surface area contributed by atoms with Crippen LogP contribution in [0, 0.1) is 0 Å². The van der Waals surface area contributed by atoms with Crippen LogP contribution in [0.4, 0.5) is 0 Å². The summed E-state index contributed by atoms with van der Waals surface area (Å²) in [6.07, 6.45) is 5.79. The Balaban J connectivity index is 0.00000144. The van der Waals surface area contributed by atoms with E-state index >= 15 is 0 Å². The number of aromatic nitrogens is 1. The zero-order valence-corrected chi connectivity index (χ0v) is 14.0. The van der Waals surface area contributed by atoms with Gasteiger partial charge in [0.15, 0.2) is 0 Å². The molecule has 0 radical (unpaired) electrons. The highest BCUT2D eigenvalue weighted by molar-refractivity contribution is 6.35. The molecule has 0 saturated carbocycles. The van der Waals surface area contributed by atoms with Gasteiger partial charge in [0, 0.05) is 48.3 Å². The topological polar surface area (TPSA) is 28.2 Å². The summed E-state index contributed by atoms with van der Waals surface area (Å²) in [5, 5.41) is 5.59. The van der Waals surface area contributed by atoms with Crippen molar-refractivity contribution >= 4 is 34.9 Å². The van der Waals surface area contributed by atoms with E-state index in [4.69, 9.17) is 11.6 Å². The maximum atomic E-state index is 6.29. The van der Waals surface area contributed by atoms with Gasteiger partial charge < -0.3 is 5.32 Å². The smallest absolute Gasteiger partial charge is 0.0761 e. The molecule has 2 aromatic rings. The largest absolute Gasteiger partial charge is 0.310 e. The van der Waals surface area contributed by atoms with Gasteiger partial charge in [-0.25, -0.2) is 0 Å². The van der Waals surface area contributed by atoms with Crippen molar-refractivity contribution in [1.29, 1.82) is 0 Å². The molecule has 2 aliphatic rings. The molecule has 2 atom stereocenters. The highest BCUT2D eigenvalue weighted by atomic mass is 35.5. The first-order valence-electron chi connectivity index (χ1n) is 7.80. The maximum absolute atomic E-state index is 6.29. The summed E-state index contributed by atoms with van der Waals surface area (Å²) in [6.45, 7) is 3.29. The first-order chi connectivity index (χ1) is 10.3. The third kappa shape index (κ3) is 3.09. The Bertz CT molecular complexity index is 661. The third-order valence-electron chi connectivity index (χ3n) is 4.80. The second-order valence-corrected chi connectivity index (χ2v) is 6.67. The quantitative estimate of drug-likeness (QED) is 0.906. The van der Waals surface area contributed by atoms with Crippen molar-refractivity contribution in [1.82, 2.24) is 15.2 Å². The van der Waals surface area contributed by atoms with Crippen molar-refractivity contribution in [2.45, 2.75) is 37.9 Å². The minimum Gasteiger partial charge on any atom is -0.310 e. The van der Waals surface area contributed by atoms with Crippen molar-refractivity contribution in [3.8, 4) is 0 Å². The van der Waals surface area contributed by atoms with Crippen LogP contribution in [0.5, 0.6) is 0 Å². The molecule has 2 unspecified atom stereocenters. The molecule has 4 rings (SSSR count). The fourth-order valence-electron chi connectivity index (χ4n) is 3.72. The number of nitrogens with zero attached hydrogens (tertiary/aromatic N) is 2. The van der Waals surface area contributed by atoms with E-state index in [1.165, 1.54) is 31.4 Å². The zero-order valence-electron chi connectivity index (χ0n) is 12.5. The second-order valence-electron chi connectivity index (χ2n) is 6.27. The van der Waals surface area contributed by atoms with Crippen molar-refractivity contribution in [2.24, 2.45) is 0 Å². The molecule has 2 saturated heterocycles. The van der Waals surface area contributed by atoms with E-state index in [0.717, 1.165) is 35.1 Å². The summed E-state index contributed by atoms with van der Waals surface area (Å²) in [6, 6.07) is 9.55. The minimum atomic E-state index is 0. The van der Waals surface area contributed by atoms with Gasteiger partial charge in [-0.2, -0.15) is 0 Å². The standard InChI is InChI=1S/C17H20ClN3.ClH/c18-16-6-3-12(17-15(16)2-1-8-19-17)10-21-9-7-13-4-5-14(11-21)20-13;/h1-3,6,8,13-14,20H,4-5,7,9-11H2;1H. The van der Waals surface area contributed by atoms with Gasteiger partial charge in [0.05, 0.1) is 5.52 Å². The summed E-state index contributed by atoms with van der Waals surface area (Å²) in [4.78, 5) is 7.12. The first kappa shape index (κ1) is 16.0. The Morgan fingerprint density at radius 3 is 2.95 bits per heavy atom. The Hall–Kier alpha value is -0.870. The van der Waals surface area contributed by atoms with Gasteiger partial charge >= 0.3 is 0 Å². The summed E-state index contributed by atoms with van der Waals surface area (Å²) in [5.74, 6) is 0. The van der Waals surface area contributed by atoms with Gasteiger partial charge in [0.25, 0.3) is 0 Å². The van der Waals surface area contributed by atoms with E-state index in [1.54, 1.807) is 0 Å². The van der Waals surface area contributed by atoms with Crippen molar-refractivity contribution < 1.29 is 0 Å². The van der Waals surface area contributed by atoms with Crippen LogP contribution in [0.1, 0.15) is 24.8 Å². The number of likely N-dealkylation sites (tertiary alicyclic amines) is 1. The number of hydrogen-bond donors (Lipinski definition) is 1. The van der Waals surface area contributed by atoms with Crippen LogP contribution in [0.15, 0.2) is 30.5 Å². The van der Waals surface area contributed by atoms with Gasteiger partial charge in [-0.15, -0.1) is 12.4 Å². The number of fused-ring (bicyclic) bond motifs is 3. The number of rotatable bonds is 2. The highest BCUT2D eigenvalue weighted by Crippen LogP contribution is 2.27. The molecule has 1 N–H and O–H groups in total. The summed E-state index contributed by atoms with van der Waals surface area (Å²) < 4.78 is 0. The molecular formula is C17H21Cl2N3. The van der Waals surface area contributed by atoms with Crippen molar-refractivity contribution in [3.63, 3.8) is 0 Å². The van der Waals surface area contributed by atoms with Gasteiger partial charge in [0.2, 0.25) is 0 Å². The van der Waals surface area contributed by atoms with E-state index in [-0.39, 0.29) is 12.4 Å². The molecule has 2 fully saturated rings. The first-order valence-corrected chi connectivity index (χ1v) is 8.18. The summed E-state index contributed by atoms with van der Waals surface area (Å²) in [7, 11) is 0. The summed E-state index contributed by atoms with van der Waals surface area (Å²) >= 11 is 6.29. The van der Waals surface area contributed by atoms with E-state index in [2.05, 4.69) is 27.3 Å². The van der Waals surface area contributed by atoms with Gasteiger partial charge in [-0.3, -0.25) is 9.88 Å². The second kappa shape index (κ2) is 6.71. The molecule has 3 nitrogen and oxygen atoms in total. The average molecular weight is 338 g/mol. The molecule has 0 spiro atoms. The molecule has 118 valence electrons. The minimum absolute atomic E-state index is 0. The molecule has 1 aromatic carbocycles. The lowest BCUT2D eigenvalue weighted by molar-refractivity contribution is 0.251. The predicted molar refractivity (Wildman–Crippen MR) is 93.8 cm³/mol. The lowest BCUT2D eigenvalue weighted by atomic mass is 10.1. The normalized spacial score (nSPS) is 25.0. The molecule has 2 bridgehead atoms. The third-order valence-corrected chi connectivity index (χ3v) is 5.13. The van der Waals surface area contributed by atoms with Gasteiger partial charge in [0.1, 0.15) is 0 Å². The van der Waals surface area contributed by atoms with Gasteiger partial charge in [-0.05, 0) is 43.0 Å². The molecule has 3 heterocycles. The molecule has 2 aliphatic heterocycles. The van der Waals surface area contributed by atoms with Crippen LogP contribution >= 0.6 is 24.0 Å².